The van der Waals surface area contributed by atoms with Crippen LogP contribution in [0.15, 0.2) is 322 Å². The second-order valence-corrected chi connectivity index (χ2v) is 20.3. The van der Waals surface area contributed by atoms with Crippen molar-refractivity contribution in [2.24, 2.45) is 0 Å². The van der Waals surface area contributed by atoms with Crippen molar-refractivity contribution in [3.05, 3.63) is 355 Å². The summed E-state index contributed by atoms with van der Waals surface area (Å²) in [7, 11) is 0. The number of anilines is 4. The molecule has 4 nitrogen and oxygen atoms in total. The molecule has 388 valence electrons. The maximum absolute atomic E-state index is 2.43. The first-order valence-electron chi connectivity index (χ1n) is 25.4. The van der Waals surface area contributed by atoms with Crippen molar-refractivity contribution >= 4 is 61.8 Å². The second kappa shape index (κ2) is 28.6. The van der Waals surface area contributed by atoms with Crippen LogP contribution in [0.3, 0.4) is 0 Å². The van der Waals surface area contributed by atoms with E-state index in [-0.39, 0.29) is 74.9 Å². The molecule has 9 heteroatoms. The summed E-state index contributed by atoms with van der Waals surface area (Å²) >= 11 is 3.81. The van der Waals surface area contributed by atoms with Crippen LogP contribution in [0.25, 0.3) is 15.5 Å². The zero-order chi connectivity index (χ0) is 50.4. The van der Waals surface area contributed by atoms with Gasteiger partial charge in [0.1, 0.15) is 16.9 Å². The van der Waals surface area contributed by atoms with E-state index >= 15 is 0 Å². The van der Waals surface area contributed by atoms with Gasteiger partial charge in [-0.15, -0.1) is 0 Å². The molecule has 0 N–H and O–H groups in total. The Bertz CT molecular complexity index is 3300. The molecule has 78 heavy (non-hydrogen) atoms. The fraction of sp³-hybridized carbons (Fsp3) is 0.0435. The van der Waals surface area contributed by atoms with Crippen molar-refractivity contribution in [3.63, 3.8) is 0 Å². The molecule has 3 heterocycles. The number of benzene rings is 10. The summed E-state index contributed by atoms with van der Waals surface area (Å²) in [6, 6.07) is 106. The van der Waals surface area contributed by atoms with Gasteiger partial charge in [-0.05, 0) is 81.9 Å². The van der Waals surface area contributed by atoms with Crippen molar-refractivity contribution in [2.45, 2.75) is 16.9 Å². The van der Waals surface area contributed by atoms with E-state index in [1.807, 2.05) is 23.5 Å². The lowest BCUT2D eigenvalue weighted by atomic mass is 10.1. The first-order valence-corrected chi connectivity index (χ1v) is 27.2. The van der Waals surface area contributed by atoms with Gasteiger partial charge in [0.25, 0.3) is 0 Å². The normalized spacial score (nSPS) is 16.1. The van der Waals surface area contributed by atoms with Crippen molar-refractivity contribution in [2.75, 3.05) is 19.6 Å². The molecule has 0 saturated carbocycles. The quantitative estimate of drug-likeness (QED) is 0.126. The average molecular weight is 1290 g/mol. The Morgan fingerprint density at radius 1 is 0.256 bits per heavy atom. The zero-order valence-corrected chi connectivity index (χ0v) is 49.5. The van der Waals surface area contributed by atoms with E-state index in [4.69, 9.17) is 0 Å². The van der Waals surface area contributed by atoms with E-state index in [0.717, 1.165) is 0 Å². The number of halogens is 3. The minimum Gasteiger partial charge on any atom is -1.00 e. The highest BCUT2D eigenvalue weighted by Crippen LogP contribution is 2.51. The molecule has 0 saturated heterocycles. The molecule has 10 aromatic carbocycles. The van der Waals surface area contributed by atoms with Crippen LogP contribution in [0, 0.1) is 0 Å². The van der Waals surface area contributed by atoms with Crippen molar-refractivity contribution < 1.29 is 57.9 Å². The molecule has 0 amide bonds. The van der Waals surface area contributed by atoms with E-state index < -0.39 is 0 Å². The summed E-state index contributed by atoms with van der Waals surface area (Å²) in [5.74, 6) is 0. The van der Waals surface area contributed by atoms with Crippen LogP contribution in [-0.4, -0.2) is 0 Å². The maximum atomic E-state index is 2.43. The van der Waals surface area contributed by atoms with Gasteiger partial charge in [0.05, 0.1) is 5.70 Å². The molecule has 3 aliphatic rings. The van der Waals surface area contributed by atoms with Crippen LogP contribution in [0.1, 0.15) is 50.3 Å². The molecule has 10 aromatic rings. The Balaban J connectivity index is 0.000000153. The fourth-order valence-electron chi connectivity index (χ4n) is 9.57. The zero-order valence-electron chi connectivity index (χ0n) is 42.6. The highest BCUT2D eigenvalue weighted by molar-refractivity contribution is 8.09. The summed E-state index contributed by atoms with van der Waals surface area (Å²) < 4.78 is 0. The topological polar surface area (TPSA) is 13.0 Å². The van der Waals surface area contributed by atoms with Gasteiger partial charge >= 0.3 is 0 Å². The van der Waals surface area contributed by atoms with Crippen LogP contribution < -0.4 is 77.5 Å². The highest BCUT2D eigenvalue weighted by atomic mass is 127. The standard InChI is InChI=1S/C27H22N2.2C21H17NS.2BrH.HI/c1-5-13-22(14-6-1)26-21-28(24-17-9-3-10-18-24)27(23-15-7-2-8-16-23)29(26)25-19-11-4-12-20-25;2*1-4-10-17(11-5-1)20-16-22(19-14-8-3-9-15-19)21(23-20)18-12-6-2-7-13-18;;;/h1-21,27H;2*1-16,21H;3*1H/p-3. The Labute approximate surface area is 507 Å². The van der Waals surface area contributed by atoms with Crippen LogP contribution >= 0.6 is 23.5 Å². The monoisotopic (exact) mass is 1290 g/mol. The molecular weight excluding hydrogens is 1240 g/mol. The third-order valence-corrected chi connectivity index (χ3v) is 15.8. The van der Waals surface area contributed by atoms with Crippen LogP contribution in [-0.2, 0) is 0 Å². The minimum absolute atomic E-state index is 0. The van der Waals surface area contributed by atoms with Gasteiger partial charge in [0, 0.05) is 51.2 Å². The Morgan fingerprint density at radius 2 is 0.526 bits per heavy atom. The fourth-order valence-corrected chi connectivity index (χ4v) is 12.1. The van der Waals surface area contributed by atoms with E-state index in [0.29, 0.717) is 0 Å². The van der Waals surface area contributed by atoms with Gasteiger partial charge in [-0.2, -0.15) is 0 Å². The lowest BCUT2D eigenvalue weighted by Crippen LogP contribution is -3.00. The molecule has 0 radical (unpaired) electrons. The number of rotatable bonds is 10. The minimum atomic E-state index is 0. The largest absolute Gasteiger partial charge is 1.00 e. The van der Waals surface area contributed by atoms with E-state index in [9.17, 15) is 0 Å². The predicted molar refractivity (Wildman–Crippen MR) is 322 cm³/mol. The van der Waals surface area contributed by atoms with Gasteiger partial charge in [0.15, 0.2) is 0 Å². The molecule has 0 bridgehead atoms. The number of thioether (sulfide) groups is 2. The Kier molecular flexibility index (Phi) is 21.0. The lowest BCUT2D eigenvalue weighted by molar-refractivity contribution is -0.00100. The molecule has 3 atom stereocenters. The van der Waals surface area contributed by atoms with E-state index in [1.54, 1.807) is 0 Å². The van der Waals surface area contributed by atoms with Crippen LogP contribution in [0.4, 0.5) is 22.7 Å². The number of para-hydroxylation sites is 4. The van der Waals surface area contributed by atoms with Crippen molar-refractivity contribution in [1.82, 2.24) is 0 Å². The van der Waals surface area contributed by atoms with Gasteiger partial charge in [-0.1, -0.05) is 278 Å². The molecule has 0 aliphatic carbocycles. The van der Waals surface area contributed by atoms with Crippen LogP contribution in [0.5, 0.6) is 0 Å². The van der Waals surface area contributed by atoms with E-state index in [2.05, 4.69) is 342 Å². The summed E-state index contributed by atoms with van der Waals surface area (Å²) in [4.78, 5) is 12.1. The first kappa shape index (κ1) is 57.2. The summed E-state index contributed by atoms with van der Waals surface area (Å²) in [5, 5.41) is 0.544. The Hall–Kier alpha value is -6.99. The molecular formula is C69H56Br2IN4S2-3. The average Bonchev–Trinajstić information content (AvgIpc) is 4.31. The molecule has 3 unspecified atom stereocenters. The number of nitrogens with zero attached hydrogens (tertiary/aromatic N) is 4. The first-order chi connectivity index (χ1) is 37.2. The summed E-state index contributed by atoms with van der Waals surface area (Å²) in [6.07, 6.45) is 6.85. The van der Waals surface area contributed by atoms with Gasteiger partial charge < -0.3 is 77.5 Å². The van der Waals surface area contributed by atoms with Gasteiger partial charge in [0.2, 0.25) is 0 Å². The molecule has 3 aliphatic heterocycles. The third kappa shape index (κ3) is 13.6. The predicted octanol–water partition coefficient (Wildman–Crippen LogP) is 9.60. The second-order valence-electron chi connectivity index (χ2n) is 18.1. The third-order valence-electron chi connectivity index (χ3n) is 13.2. The maximum Gasteiger partial charge on any atom is 0.136 e. The van der Waals surface area contributed by atoms with Crippen molar-refractivity contribution in [1.29, 1.82) is 0 Å². The molecule has 0 aromatic heterocycles. The molecule has 0 spiro atoms. The molecule has 0 fully saturated rings. The van der Waals surface area contributed by atoms with Gasteiger partial charge in [-0.25, -0.2) is 0 Å². The van der Waals surface area contributed by atoms with Crippen LogP contribution in [0.2, 0.25) is 0 Å². The summed E-state index contributed by atoms with van der Waals surface area (Å²) in [6.45, 7) is 0. The lowest BCUT2D eigenvalue weighted by Gasteiger charge is -2.35. The highest BCUT2D eigenvalue weighted by Gasteiger charge is 2.36. The van der Waals surface area contributed by atoms with Crippen molar-refractivity contribution in [3.8, 4) is 0 Å². The van der Waals surface area contributed by atoms with Gasteiger partial charge in [-0.3, -0.25) is 0 Å². The number of hydrogen-bond donors (Lipinski definition) is 0. The van der Waals surface area contributed by atoms with E-state index in [1.165, 1.54) is 71.6 Å². The Morgan fingerprint density at radius 3 is 0.872 bits per heavy atom. The number of hydrogen-bond acceptors (Lipinski definition) is 6. The SMILES string of the molecule is C1=C(c2ccccc2)N(c2ccccc2)C(c2ccccc2)N1c1ccccc1.C1=C(c2ccccc2)SC(c2ccccc2)N1c1ccccc1.C1=C(c2ccccc2)SC(c2ccccc2)N1c1ccccc1.[Br-].[Br-].[I-]. The summed E-state index contributed by atoms with van der Waals surface area (Å²) in [5.41, 5.74) is 13.6. The molecule has 13 rings (SSSR count). The smallest absolute Gasteiger partial charge is 0.136 e.